The molecule has 1 aromatic carbocycles. The summed E-state index contributed by atoms with van der Waals surface area (Å²) >= 11 is 0. The van der Waals surface area contributed by atoms with Crippen molar-refractivity contribution in [3.8, 4) is 0 Å². The fourth-order valence-corrected chi connectivity index (χ4v) is 3.87. The minimum absolute atomic E-state index is 0.0383. The molecule has 0 bridgehead atoms. The molecule has 1 aliphatic rings. The first-order valence-corrected chi connectivity index (χ1v) is 8.05. The molecule has 0 amide bonds. The fraction of sp³-hybridized carbons (Fsp3) is 0.538. The summed E-state index contributed by atoms with van der Waals surface area (Å²) in [5, 5.41) is 0. The number of hydrogen-bond acceptors (Lipinski definition) is 4. The van der Waals surface area contributed by atoms with Gasteiger partial charge < -0.3 is 10.6 Å². The van der Waals surface area contributed by atoms with Gasteiger partial charge >= 0.3 is 0 Å². The van der Waals surface area contributed by atoms with Gasteiger partial charge in [-0.15, -0.1) is 0 Å². The molecule has 0 aliphatic carbocycles. The van der Waals surface area contributed by atoms with Gasteiger partial charge in [0.05, 0.1) is 10.6 Å². The molecule has 1 saturated heterocycles. The maximum Gasteiger partial charge on any atom is 0.243 e. The van der Waals surface area contributed by atoms with Crippen molar-refractivity contribution in [3.05, 3.63) is 24.0 Å². The maximum absolute atomic E-state index is 13.5. The Labute approximate surface area is 119 Å². The molecule has 1 unspecified atom stereocenters. The normalized spacial score (nSPS) is 22.1. The molecule has 1 fully saturated rings. The number of nitrogens with zero attached hydrogens (tertiary/aromatic N) is 2. The Hall–Kier alpha value is -1.18. The van der Waals surface area contributed by atoms with Gasteiger partial charge in [0, 0.05) is 25.7 Å². The van der Waals surface area contributed by atoms with Crippen molar-refractivity contribution in [2.75, 3.05) is 32.4 Å². The van der Waals surface area contributed by atoms with Crippen molar-refractivity contribution in [2.24, 2.45) is 0 Å². The van der Waals surface area contributed by atoms with E-state index in [9.17, 15) is 12.8 Å². The zero-order valence-corrected chi connectivity index (χ0v) is 12.5. The van der Waals surface area contributed by atoms with E-state index in [1.807, 2.05) is 14.0 Å². The summed E-state index contributed by atoms with van der Waals surface area (Å²) in [7, 11) is -1.67. The molecule has 2 rings (SSSR count). The maximum atomic E-state index is 13.5. The molecule has 1 atom stereocenters. The molecule has 1 heterocycles. The molecule has 1 aliphatic heterocycles. The highest BCUT2D eigenvalue weighted by Gasteiger charge is 2.32. The third kappa shape index (κ3) is 2.79. The average Bonchev–Trinajstić information content (AvgIpc) is 2.42. The Morgan fingerprint density at radius 1 is 1.40 bits per heavy atom. The lowest BCUT2D eigenvalue weighted by Gasteiger charge is -2.38. The lowest BCUT2D eigenvalue weighted by Crippen LogP contribution is -2.52. The minimum atomic E-state index is -3.66. The molecule has 1 aromatic rings. The van der Waals surface area contributed by atoms with Gasteiger partial charge in [0.15, 0.2) is 0 Å². The molecule has 20 heavy (non-hydrogen) atoms. The highest BCUT2D eigenvalue weighted by Crippen LogP contribution is 2.23. The largest absolute Gasteiger partial charge is 0.396 e. The molecule has 0 radical (unpaired) electrons. The minimum Gasteiger partial charge on any atom is -0.396 e. The molecule has 5 nitrogen and oxygen atoms in total. The predicted molar refractivity (Wildman–Crippen MR) is 76.3 cm³/mol. The smallest absolute Gasteiger partial charge is 0.243 e. The number of halogens is 1. The van der Waals surface area contributed by atoms with Crippen molar-refractivity contribution < 1.29 is 12.8 Å². The Morgan fingerprint density at radius 3 is 2.70 bits per heavy atom. The third-order valence-electron chi connectivity index (χ3n) is 3.82. The molecule has 0 spiro atoms. The predicted octanol–water partition coefficient (Wildman–Crippen LogP) is 1.12. The van der Waals surface area contributed by atoms with Crippen molar-refractivity contribution in [1.82, 2.24) is 9.21 Å². The van der Waals surface area contributed by atoms with E-state index in [0.717, 1.165) is 12.5 Å². The summed E-state index contributed by atoms with van der Waals surface area (Å²) in [5.74, 6) is -0.702. The zero-order chi connectivity index (χ0) is 14.9. The number of likely N-dealkylation sites (N-methyl/N-ethyl adjacent to an activating group) is 1. The molecule has 7 heteroatoms. The van der Waals surface area contributed by atoms with E-state index in [4.69, 9.17) is 5.73 Å². The summed E-state index contributed by atoms with van der Waals surface area (Å²) in [6.45, 7) is 3.55. The average molecular weight is 301 g/mol. The van der Waals surface area contributed by atoms with Crippen LogP contribution in [0.5, 0.6) is 0 Å². The van der Waals surface area contributed by atoms with E-state index in [1.54, 1.807) is 0 Å². The fourth-order valence-electron chi connectivity index (χ4n) is 2.39. The van der Waals surface area contributed by atoms with Crippen LogP contribution < -0.4 is 5.73 Å². The highest BCUT2D eigenvalue weighted by atomic mass is 32.2. The first-order valence-electron chi connectivity index (χ1n) is 6.61. The number of rotatable bonds is 3. The van der Waals surface area contributed by atoms with E-state index >= 15 is 0 Å². The monoisotopic (exact) mass is 301 g/mol. The van der Waals surface area contributed by atoms with Crippen molar-refractivity contribution in [3.63, 3.8) is 0 Å². The van der Waals surface area contributed by atoms with Crippen LogP contribution in [0.3, 0.4) is 0 Å². The van der Waals surface area contributed by atoms with Crippen LogP contribution in [0.2, 0.25) is 0 Å². The number of anilines is 1. The second-order valence-corrected chi connectivity index (χ2v) is 7.03. The molecule has 2 N–H and O–H groups in total. The van der Waals surface area contributed by atoms with Gasteiger partial charge in [-0.1, -0.05) is 6.92 Å². The number of nitrogen functional groups attached to an aromatic ring is 1. The van der Waals surface area contributed by atoms with Gasteiger partial charge in [-0.3, -0.25) is 0 Å². The zero-order valence-electron chi connectivity index (χ0n) is 11.7. The Kier molecular flexibility index (Phi) is 4.31. The lowest BCUT2D eigenvalue weighted by molar-refractivity contribution is 0.144. The van der Waals surface area contributed by atoms with Gasteiger partial charge in [0.25, 0.3) is 0 Å². The van der Waals surface area contributed by atoms with Crippen LogP contribution in [0.4, 0.5) is 10.1 Å². The van der Waals surface area contributed by atoms with E-state index in [0.29, 0.717) is 19.6 Å². The van der Waals surface area contributed by atoms with Crippen molar-refractivity contribution in [2.45, 2.75) is 24.3 Å². The van der Waals surface area contributed by atoms with Crippen LogP contribution in [0, 0.1) is 5.82 Å². The number of piperazine rings is 1. The SMILES string of the molecule is CCC1CN(S(=O)(=O)c2ccc(N)c(F)c2)CCN1C. The van der Waals surface area contributed by atoms with Crippen LogP contribution in [0.25, 0.3) is 0 Å². The Balaban J connectivity index is 2.28. The van der Waals surface area contributed by atoms with Gasteiger partial charge in [-0.05, 0) is 31.7 Å². The number of nitrogens with two attached hydrogens (primary N) is 1. The standard InChI is InChI=1S/C13H20FN3O2S/c1-3-10-9-17(7-6-16(10)2)20(18,19)11-4-5-13(15)12(14)8-11/h4-5,8,10H,3,6-7,9,15H2,1-2H3. The van der Waals surface area contributed by atoms with E-state index in [-0.39, 0.29) is 16.6 Å². The topological polar surface area (TPSA) is 66.6 Å². The van der Waals surface area contributed by atoms with Crippen molar-refractivity contribution >= 4 is 15.7 Å². The molecular weight excluding hydrogens is 281 g/mol. The lowest BCUT2D eigenvalue weighted by atomic mass is 10.1. The summed E-state index contributed by atoms with van der Waals surface area (Å²) in [6.07, 6.45) is 0.874. The van der Waals surface area contributed by atoms with Crippen molar-refractivity contribution in [1.29, 1.82) is 0 Å². The van der Waals surface area contributed by atoms with Crippen LogP contribution in [0.1, 0.15) is 13.3 Å². The second-order valence-electron chi connectivity index (χ2n) is 5.09. The summed E-state index contributed by atoms with van der Waals surface area (Å²) in [4.78, 5) is 2.11. The van der Waals surface area contributed by atoms with Gasteiger partial charge in [-0.25, -0.2) is 12.8 Å². The van der Waals surface area contributed by atoms with Crippen LogP contribution in [-0.4, -0.2) is 50.3 Å². The van der Waals surface area contributed by atoms with Gasteiger partial charge in [0.1, 0.15) is 5.82 Å². The quantitative estimate of drug-likeness (QED) is 0.850. The van der Waals surface area contributed by atoms with Crippen LogP contribution in [0.15, 0.2) is 23.1 Å². The molecule has 0 aromatic heterocycles. The van der Waals surface area contributed by atoms with E-state index < -0.39 is 15.8 Å². The number of benzene rings is 1. The highest BCUT2D eigenvalue weighted by molar-refractivity contribution is 7.89. The van der Waals surface area contributed by atoms with Gasteiger partial charge in [0.2, 0.25) is 10.0 Å². The van der Waals surface area contributed by atoms with Crippen LogP contribution >= 0.6 is 0 Å². The number of hydrogen-bond donors (Lipinski definition) is 1. The molecule has 0 saturated carbocycles. The summed E-state index contributed by atoms with van der Waals surface area (Å²) in [6, 6.07) is 3.82. The Bertz CT molecular complexity index is 591. The van der Waals surface area contributed by atoms with Gasteiger partial charge in [-0.2, -0.15) is 4.31 Å². The molecular formula is C13H20FN3O2S. The second kappa shape index (κ2) is 5.67. The van der Waals surface area contributed by atoms with E-state index in [1.165, 1.54) is 16.4 Å². The van der Waals surface area contributed by atoms with Crippen LogP contribution in [-0.2, 0) is 10.0 Å². The first-order chi connectivity index (χ1) is 9.36. The molecule has 112 valence electrons. The van der Waals surface area contributed by atoms with E-state index in [2.05, 4.69) is 4.90 Å². The first kappa shape index (κ1) is 15.2. The summed E-state index contributed by atoms with van der Waals surface area (Å²) < 4.78 is 39.9. The summed E-state index contributed by atoms with van der Waals surface area (Å²) in [5.41, 5.74) is 5.33. The number of sulfonamides is 1. The third-order valence-corrected chi connectivity index (χ3v) is 5.68. The Morgan fingerprint density at radius 2 is 2.10 bits per heavy atom.